The first-order valence-electron chi connectivity index (χ1n) is 6.44. The van der Waals surface area contributed by atoms with Crippen LogP contribution in [-0.2, 0) is 0 Å². The van der Waals surface area contributed by atoms with Crippen molar-refractivity contribution in [3.05, 3.63) is 42.2 Å². The summed E-state index contributed by atoms with van der Waals surface area (Å²) < 4.78 is 0. The van der Waals surface area contributed by atoms with Crippen molar-refractivity contribution in [3.8, 4) is 0 Å². The lowest BCUT2D eigenvalue weighted by atomic mass is 10.0. The Labute approximate surface area is 106 Å². The average molecular weight is 240 g/mol. The minimum atomic E-state index is 0.174. The van der Waals surface area contributed by atoms with Crippen LogP contribution < -0.4 is 5.32 Å². The first kappa shape index (κ1) is 11.4. The third-order valence-electron chi connectivity index (χ3n) is 3.33. The van der Waals surface area contributed by atoms with Gasteiger partial charge in [0.25, 0.3) is 0 Å². The van der Waals surface area contributed by atoms with Crippen LogP contribution in [0.25, 0.3) is 10.8 Å². The van der Waals surface area contributed by atoms with E-state index < -0.39 is 0 Å². The number of fused-ring (bicyclic) bond motifs is 1. The Bertz CT molecular complexity index is 570. The van der Waals surface area contributed by atoms with Crippen molar-refractivity contribution in [1.82, 2.24) is 10.3 Å². The predicted octanol–water partition coefficient (Wildman–Crippen LogP) is 2.56. The van der Waals surface area contributed by atoms with Crippen molar-refractivity contribution >= 4 is 16.6 Å². The molecule has 0 radical (unpaired) electrons. The fraction of sp³-hybridized carbons (Fsp3) is 0.333. The summed E-state index contributed by atoms with van der Waals surface area (Å²) >= 11 is 0. The summed E-state index contributed by atoms with van der Waals surface area (Å²) in [7, 11) is 0. The smallest absolute Gasteiger partial charge is 0.166 e. The topological polar surface area (TPSA) is 42.0 Å². The van der Waals surface area contributed by atoms with Crippen LogP contribution in [0.3, 0.4) is 0 Å². The summed E-state index contributed by atoms with van der Waals surface area (Å²) in [6.45, 7) is 0.771. The highest BCUT2D eigenvalue weighted by atomic mass is 16.1. The van der Waals surface area contributed by atoms with Gasteiger partial charge in [-0.1, -0.05) is 24.3 Å². The van der Waals surface area contributed by atoms with E-state index in [0.29, 0.717) is 12.5 Å². The van der Waals surface area contributed by atoms with Crippen LogP contribution in [0.15, 0.2) is 36.7 Å². The van der Waals surface area contributed by atoms with Gasteiger partial charge in [-0.3, -0.25) is 9.78 Å². The quantitative estimate of drug-likeness (QED) is 0.817. The number of ketones is 1. The van der Waals surface area contributed by atoms with Crippen LogP contribution in [-0.4, -0.2) is 23.4 Å². The van der Waals surface area contributed by atoms with Gasteiger partial charge in [0.1, 0.15) is 0 Å². The van der Waals surface area contributed by atoms with Gasteiger partial charge >= 0.3 is 0 Å². The number of carbonyl (C=O) groups is 1. The molecule has 1 N–H and O–H groups in total. The second kappa shape index (κ2) is 4.86. The van der Waals surface area contributed by atoms with Crippen molar-refractivity contribution in [2.24, 2.45) is 0 Å². The number of nitrogens with zero attached hydrogens (tertiary/aromatic N) is 1. The van der Waals surface area contributed by atoms with Gasteiger partial charge in [0.15, 0.2) is 5.78 Å². The molecule has 1 heterocycles. The Morgan fingerprint density at radius 3 is 2.94 bits per heavy atom. The van der Waals surface area contributed by atoms with Crippen molar-refractivity contribution in [2.75, 3.05) is 6.54 Å². The number of carbonyl (C=O) groups excluding carboxylic acids is 1. The minimum Gasteiger partial charge on any atom is -0.314 e. The van der Waals surface area contributed by atoms with Crippen LogP contribution in [0, 0.1) is 0 Å². The van der Waals surface area contributed by atoms with Crippen LogP contribution in [0.1, 0.15) is 29.6 Å². The molecule has 1 aliphatic rings. The lowest BCUT2D eigenvalue weighted by molar-refractivity contribution is 0.0984. The third kappa shape index (κ3) is 2.41. The van der Waals surface area contributed by atoms with Gasteiger partial charge in [0.05, 0.1) is 0 Å². The molecular formula is C15H16N2O. The van der Waals surface area contributed by atoms with Crippen molar-refractivity contribution in [1.29, 1.82) is 0 Å². The SMILES string of the molecule is O=C(CCNC1CC1)c1cncc2ccccc12. The average Bonchev–Trinajstić information content (AvgIpc) is 3.22. The molecule has 1 fully saturated rings. The van der Waals surface area contributed by atoms with Crippen molar-refractivity contribution < 1.29 is 4.79 Å². The van der Waals surface area contributed by atoms with Crippen molar-refractivity contribution in [3.63, 3.8) is 0 Å². The van der Waals surface area contributed by atoms with E-state index in [1.165, 1.54) is 12.8 Å². The monoisotopic (exact) mass is 240 g/mol. The van der Waals surface area contributed by atoms with Crippen LogP contribution >= 0.6 is 0 Å². The maximum absolute atomic E-state index is 12.2. The minimum absolute atomic E-state index is 0.174. The van der Waals surface area contributed by atoms with E-state index in [1.807, 2.05) is 24.3 Å². The maximum atomic E-state index is 12.2. The van der Waals surface area contributed by atoms with E-state index in [9.17, 15) is 4.79 Å². The number of rotatable bonds is 5. The number of hydrogen-bond donors (Lipinski definition) is 1. The lowest BCUT2D eigenvalue weighted by Crippen LogP contribution is -2.20. The molecule has 1 saturated carbocycles. The van der Waals surface area contributed by atoms with Crippen molar-refractivity contribution in [2.45, 2.75) is 25.3 Å². The molecule has 0 bridgehead atoms. The molecule has 1 aromatic heterocycles. The molecule has 0 unspecified atom stereocenters. The molecule has 1 aliphatic carbocycles. The second-order valence-corrected chi connectivity index (χ2v) is 4.81. The van der Waals surface area contributed by atoms with E-state index in [2.05, 4.69) is 10.3 Å². The molecule has 18 heavy (non-hydrogen) atoms. The Balaban J connectivity index is 1.77. The molecular weight excluding hydrogens is 224 g/mol. The standard InChI is InChI=1S/C15H16N2O/c18-15(7-8-17-12-5-6-12)14-10-16-9-11-3-1-2-4-13(11)14/h1-4,9-10,12,17H,5-8H2. The molecule has 0 spiro atoms. The highest BCUT2D eigenvalue weighted by Crippen LogP contribution is 2.20. The second-order valence-electron chi connectivity index (χ2n) is 4.81. The Morgan fingerprint density at radius 1 is 1.28 bits per heavy atom. The highest BCUT2D eigenvalue weighted by molar-refractivity contribution is 6.07. The number of aromatic nitrogens is 1. The van der Waals surface area contributed by atoms with Crippen LogP contribution in [0.5, 0.6) is 0 Å². The molecule has 1 aromatic carbocycles. The van der Waals surface area contributed by atoms with Gasteiger partial charge in [0, 0.05) is 42.4 Å². The van der Waals surface area contributed by atoms with Gasteiger partial charge < -0.3 is 5.32 Å². The Kier molecular flexibility index (Phi) is 3.07. The number of Topliss-reactive ketones (excluding diaryl/α,β-unsaturated/α-hetero) is 1. The van der Waals surface area contributed by atoms with Gasteiger partial charge in [-0.15, -0.1) is 0 Å². The molecule has 0 amide bonds. The number of hydrogen-bond acceptors (Lipinski definition) is 3. The summed E-state index contributed by atoms with van der Waals surface area (Å²) in [4.78, 5) is 16.3. The van der Waals surface area contributed by atoms with Gasteiger partial charge in [0.2, 0.25) is 0 Å². The summed E-state index contributed by atoms with van der Waals surface area (Å²) in [5.41, 5.74) is 0.741. The van der Waals surface area contributed by atoms with Crippen LogP contribution in [0.2, 0.25) is 0 Å². The van der Waals surface area contributed by atoms with Gasteiger partial charge in [-0.25, -0.2) is 0 Å². The van der Waals surface area contributed by atoms with Gasteiger partial charge in [-0.05, 0) is 18.2 Å². The Hall–Kier alpha value is -1.74. The number of benzene rings is 1. The van der Waals surface area contributed by atoms with E-state index in [0.717, 1.165) is 22.9 Å². The zero-order valence-corrected chi connectivity index (χ0v) is 10.2. The molecule has 0 aliphatic heterocycles. The first-order valence-corrected chi connectivity index (χ1v) is 6.44. The summed E-state index contributed by atoms with van der Waals surface area (Å²) in [5, 5.41) is 5.39. The molecule has 0 atom stereocenters. The predicted molar refractivity (Wildman–Crippen MR) is 71.7 cm³/mol. The maximum Gasteiger partial charge on any atom is 0.166 e. The molecule has 3 rings (SSSR count). The number of nitrogens with one attached hydrogen (secondary N) is 1. The fourth-order valence-corrected chi connectivity index (χ4v) is 2.15. The zero-order valence-electron chi connectivity index (χ0n) is 10.2. The summed E-state index contributed by atoms with van der Waals surface area (Å²) in [6, 6.07) is 8.55. The first-order chi connectivity index (χ1) is 8.84. The lowest BCUT2D eigenvalue weighted by Gasteiger charge is -2.05. The van der Waals surface area contributed by atoms with E-state index in [1.54, 1.807) is 12.4 Å². The van der Waals surface area contributed by atoms with Crippen LogP contribution in [0.4, 0.5) is 0 Å². The van der Waals surface area contributed by atoms with E-state index >= 15 is 0 Å². The summed E-state index contributed by atoms with van der Waals surface area (Å²) in [6.07, 6.45) is 6.54. The van der Waals surface area contributed by atoms with E-state index in [4.69, 9.17) is 0 Å². The molecule has 0 saturated heterocycles. The molecule has 3 nitrogen and oxygen atoms in total. The highest BCUT2D eigenvalue weighted by Gasteiger charge is 2.20. The summed E-state index contributed by atoms with van der Waals surface area (Å²) in [5.74, 6) is 0.174. The molecule has 2 aromatic rings. The fourth-order valence-electron chi connectivity index (χ4n) is 2.15. The molecule has 3 heteroatoms. The molecule has 92 valence electrons. The largest absolute Gasteiger partial charge is 0.314 e. The van der Waals surface area contributed by atoms with Gasteiger partial charge in [-0.2, -0.15) is 0 Å². The normalized spacial score (nSPS) is 14.9. The number of pyridine rings is 1. The third-order valence-corrected chi connectivity index (χ3v) is 3.33. The van der Waals surface area contributed by atoms with E-state index in [-0.39, 0.29) is 5.78 Å². The Morgan fingerprint density at radius 2 is 2.11 bits per heavy atom. The zero-order chi connectivity index (χ0) is 12.4.